The van der Waals surface area contributed by atoms with Crippen LogP contribution in [0.2, 0.25) is 0 Å². The maximum Gasteiger partial charge on any atom is 0.305 e. The molecule has 14 heavy (non-hydrogen) atoms. The van der Waals surface area contributed by atoms with Gasteiger partial charge in [0.2, 0.25) is 0 Å². The molecule has 1 rings (SSSR count). The highest BCUT2D eigenvalue weighted by molar-refractivity contribution is 9.12. The highest BCUT2D eigenvalue weighted by Crippen LogP contribution is 2.42. The Kier molecular flexibility index (Phi) is 4.75. The Labute approximate surface area is 95.9 Å². The van der Waals surface area contributed by atoms with E-state index >= 15 is 0 Å². The first-order valence-electron chi connectivity index (χ1n) is 4.62. The molecule has 0 saturated heterocycles. The molecule has 80 valence electrons. The molecule has 0 aliphatic carbocycles. The predicted octanol–water partition coefficient (Wildman–Crippen LogP) is 3.09. The summed E-state index contributed by atoms with van der Waals surface area (Å²) in [5.41, 5.74) is 0. The van der Waals surface area contributed by atoms with E-state index in [2.05, 4.69) is 39.7 Å². The van der Waals surface area contributed by atoms with E-state index in [9.17, 15) is 4.79 Å². The van der Waals surface area contributed by atoms with Crippen LogP contribution >= 0.6 is 26.8 Å². The number of halogens is 1. The largest absolute Gasteiger partial charge is 0.465 e. The van der Waals surface area contributed by atoms with Crippen LogP contribution < -0.4 is 0 Å². The van der Waals surface area contributed by atoms with Crippen LogP contribution in [0, 0.1) is 0 Å². The maximum absolute atomic E-state index is 10.9. The number of esters is 1. The van der Waals surface area contributed by atoms with Crippen molar-refractivity contribution < 1.29 is 9.53 Å². The van der Waals surface area contributed by atoms with Gasteiger partial charge in [0.15, 0.2) is 0 Å². The van der Waals surface area contributed by atoms with Crippen LogP contribution in [0.1, 0.15) is 20.3 Å². The third-order valence-corrected chi connectivity index (χ3v) is 5.05. The number of hydrogen-bond acceptors (Lipinski definition) is 2. The fourth-order valence-electron chi connectivity index (χ4n) is 1.06. The van der Waals surface area contributed by atoms with Crippen molar-refractivity contribution >= 4 is 32.8 Å². The number of carbonyl (C=O) groups is 1. The van der Waals surface area contributed by atoms with E-state index in [1.54, 1.807) is 0 Å². The third kappa shape index (κ3) is 3.50. The molecule has 0 radical (unpaired) electrons. The highest BCUT2D eigenvalue weighted by atomic mass is 79.9. The Bertz CT molecular complexity index is 273. The van der Waals surface area contributed by atoms with E-state index in [0.29, 0.717) is 18.3 Å². The Hall–Kier alpha value is -0.220. The molecule has 2 unspecified atom stereocenters. The molecule has 2 nitrogen and oxygen atoms in total. The van der Waals surface area contributed by atoms with Gasteiger partial charge < -0.3 is 4.74 Å². The molecule has 0 aromatic rings. The molecular formula is C10H15BrO2S. The summed E-state index contributed by atoms with van der Waals surface area (Å²) in [6, 6.07) is 0. The Morgan fingerprint density at radius 2 is 2.43 bits per heavy atom. The number of thiol groups is 1. The molecular weight excluding hydrogens is 264 g/mol. The van der Waals surface area contributed by atoms with Crippen molar-refractivity contribution in [3.05, 3.63) is 21.4 Å². The fourth-order valence-corrected chi connectivity index (χ4v) is 3.69. The zero-order valence-corrected chi connectivity index (χ0v) is 10.8. The second-order valence-electron chi connectivity index (χ2n) is 3.16. The van der Waals surface area contributed by atoms with Crippen molar-refractivity contribution in [1.82, 2.24) is 0 Å². The molecule has 1 aliphatic rings. The molecule has 0 amide bonds. The van der Waals surface area contributed by atoms with Crippen LogP contribution in [-0.4, -0.2) is 17.8 Å². The van der Waals surface area contributed by atoms with Gasteiger partial charge in [-0.1, -0.05) is 29.8 Å². The lowest BCUT2D eigenvalue weighted by Crippen LogP contribution is -2.14. The Balaban J connectivity index is 2.33. The minimum atomic E-state index is -0.248. The van der Waals surface area contributed by atoms with E-state index in [0.717, 1.165) is 4.48 Å². The molecule has 0 N–H and O–H groups in total. The minimum Gasteiger partial charge on any atom is -0.465 e. The molecule has 0 aromatic heterocycles. The van der Waals surface area contributed by atoms with Gasteiger partial charge in [0.1, 0.15) is 6.61 Å². The van der Waals surface area contributed by atoms with Gasteiger partial charge in [0, 0.05) is 16.2 Å². The SMILES string of the molecule is CCC(=O)OCC(C)[SH]1C=CC(Br)=C1. The van der Waals surface area contributed by atoms with E-state index in [-0.39, 0.29) is 16.9 Å². The Morgan fingerprint density at radius 3 is 2.93 bits per heavy atom. The smallest absolute Gasteiger partial charge is 0.305 e. The van der Waals surface area contributed by atoms with Crippen LogP contribution in [0.15, 0.2) is 21.4 Å². The standard InChI is InChI=1S/C10H15BrO2S/c1-3-10(12)13-6-8(2)14-5-4-9(11)7-14/h4-5,7-8,14H,3,6H2,1-2H3. The summed E-state index contributed by atoms with van der Waals surface area (Å²) in [5.74, 6) is -0.113. The highest BCUT2D eigenvalue weighted by Gasteiger charge is 2.13. The van der Waals surface area contributed by atoms with Gasteiger partial charge in [-0.3, -0.25) is 4.79 Å². The second-order valence-corrected chi connectivity index (χ2v) is 6.41. The van der Waals surface area contributed by atoms with Crippen molar-refractivity contribution in [2.24, 2.45) is 0 Å². The average molecular weight is 279 g/mol. The van der Waals surface area contributed by atoms with Crippen molar-refractivity contribution in [3.63, 3.8) is 0 Å². The molecule has 0 spiro atoms. The van der Waals surface area contributed by atoms with Crippen LogP contribution in [0.3, 0.4) is 0 Å². The average Bonchev–Trinajstić information content (AvgIpc) is 2.60. The lowest BCUT2D eigenvalue weighted by molar-refractivity contribution is -0.143. The van der Waals surface area contributed by atoms with Crippen LogP contribution in [0.4, 0.5) is 0 Å². The number of hydrogen-bond donors (Lipinski definition) is 1. The monoisotopic (exact) mass is 278 g/mol. The predicted molar refractivity (Wildman–Crippen MR) is 65.8 cm³/mol. The summed E-state index contributed by atoms with van der Waals surface area (Å²) in [4.78, 5) is 10.9. The summed E-state index contributed by atoms with van der Waals surface area (Å²) in [6.07, 6.45) is 2.52. The molecule has 1 heterocycles. The molecule has 4 heteroatoms. The van der Waals surface area contributed by atoms with Gasteiger partial charge in [-0.25, -0.2) is 10.9 Å². The molecule has 2 atom stereocenters. The lowest BCUT2D eigenvalue weighted by atomic mass is 10.5. The fraction of sp³-hybridized carbons (Fsp3) is 0.500. The molecule has 0 saturated carbocycles. The molecule has 0 fully saturated rings. The van der Waals surface area contributed by atoms with E-state index in [1.165, 1.54) is 0 Å². The topological polar surface area (TPSA) is 26.3 Å². The number of allylic oxidation sites excluding steroid dienone is 2. The first kappa shape index (κ1) is 11.9. The van der Waals surface area contributed by atoms with Gasteiger partial charge in [-0.15, -0.1) is 0 Å². The quantitative estimate of drug-likeness (QED) is 0.632. The van der Waals surface area contributed by atoms with Gasteiger partial charge >= 0.3 is 5.97 Å². The first-order chi connectivity index (χ1) is 6.63. The summed E-state index contributed by atoms with van der Waals surface area (Å²) < 4.78 is 6.24. The zero-order chi connectivity index (χ0) is 10.6. The normalized spacial score (nSPS) is 24.5. The lowest BCUT2D eigenvalue weighted by Gasteiger charge is -2.19. The van der Waals surface area contributed by atoms with Crippen molar-refractivity contribution in [2.45, 2.75) is 25.5 Å². The first-order valence-corrected chi connectivity index (χ1v) is 6.96. The van der Waals surface area contributed by atoms with Crippen molar-refractivity contribution in [2.75, 3.05) is 6.61 Å². The maximum atomic E-state index is 10.9. The molecule has 1 aliphatic heterocycles. The molecule has 0 aromatic carbocycles. The van der Waals surface area contributed by atoms with Gasteiger partial charge in [0.05, 0.1) is 0 Å². The van der Waals surface area contributed by atoms with E-state index in [1.807, 2.05) is 6.92 Å². The van der Waals surface area contributed by atoms with Crippen LogP contribution in [0.25, 0.3) is 0 Å². The summed E-state index contributed by atoms with van der Waals surface area (Å²) in [7, 11) is -0.248. The van der Waals surface area contributed by atoms with Crippen LogP contribution in [-0.2, 0) is 9.53 Å². The van der Waals surface area contributed by atoms with E-state index < -0.39 is 0 Å². The Morgan fingerprint density at radius 1 is 1.71 bits per heavy atom. The van der Waals surface area contributed by atoms with Crippen molar-refractivity contribution in [1.29, 1.82) is 0 Å². The minimum absolute atomic E-state index is 0.113. The zero-order valence-electron chi connectivity index (χ0n) is 8.37. The van der Waals surface area contributed by atoms with E-state index in [4.69, 9.17) is 4.74 Å². The number of ether oxygens (including phenoxy) is 1. The van der Waals surface area contributed by atoms with Gasteiger partial charge in [-0.2, -0.15) is 0 Å². The third-order valence-electron chi connectivity index (χ3n) is 1.96. The summed E-state index contributed by atoms with van der Waals surface area (Å²) in [6.45, 7) is 4.45. The number of carbonyl (C=O) groups excluding carboxylic acids is 1. The van der Waals surface area contributed by atoms with Gasteiger partial charge in [0.25, 0.3) is 0 Å². The van der Waals surface area contributed by atoms with Crippen molar-refractivity contribution in [3.8, 4) is 0 Å². The van der Waals surface area contributed by atoms with Gasteiger partial charge in [-0.05, 0) is 16.9 Å². The number of rotatable bonds is 4. The van der Waals surface area contributed by atoms with Crippen LogP contribution in [0.5, 0.6) is 0 Å². The summed E-state index contributed by atoms with van der Waals surface area (Å²) >= 11 is 3.42. The summed E-state index contributed by atoms with van der Waals surface area (Å²) in [5, 5.41) is 4.79. The molecule has 0 bridgehead atoms. The second kappa shape index (κ2) is 5.61.